The number of carbonyl (C=O) groups excluding carboxylic acids is 2. The van der Waals surface area contributed by atoms with E-state index in [1.807, 2.05) is 0 Å². The van der Waals surface area contributed by atoms with Gasteiger partial charge in [-0.05, 0) is 44.2 Å². The van der Waals surface area contributed by atoms with Gasteiger partial charge in [-0.3, -0.25) is 14.9 Å². The summed E-state index contributed by atoms with van der Waals surface area (Å²) in [4.78, 5) is 24.7. The number of carbonyl (C=O) groups is 2. The Morgan fingerprint density at radius 2 is 1.90 bits per heavy atom. The summed E-state index contributed by atoms with van der Waals surface area (Å²) in [6.07, 6.45) is 2.63. The number of amides is 2. The monoisotopic (exact) mass is 474 g/mol. The van der Waals surface area contributed by atoms with E-state index in [1.165, 1.54) is 12.1 Å². The molecule has 0 radical (unpaired) electrons. The van der Waals surface area contributed by atoms with Crippen molar-refractivity contribution in [2.24, 2.45) is 11.1 Å². The van der Waals surface area contributed by atoms with Crippen LogP contribution in [0, 0.1) is 11.7 Å². The van der Waals surface area contributed by atoms with Crippen LogP contribution in [0.1, 0.15) is 32.1 Å². The molecule has 1 aromatic rings. The highest BCUT2D eigenvalue weighted by Crippen LogP contribution is 2.60. The Morgan fingerprint density at radius 3 is 2.48 bits per heavy atom. The normalized spacial score (nSPS) is 31.7. The zero-order valence-electron chi connectivity index (χ0n) is 16.6. The summed E-state index contributed by atoms with van der Waals surface area (Å²) in [5.41, 5.74) is -0.663. The average Bonchev–Trinajstić information content (AvgIpc) is 2.65. The third-order valence-corrected chi connectivity index (χ3v) is 7.72. The molecule has 2 unspecified atom stereocenters. The fraction of sp³-hybridized carbons (Fsp3) is 0.579. The lowest BCUT2D eigenvalue weighted by atomic mass is 9.44. The van der Waals surface area contributed by atoms with E-state index in [2.05, 4.69) is 16.0 Å². The van der Waals surface area contributed by atoms with Gasteiger partial charge in [0.25, 0.3) is 5.91 Å². The number of halogens is 2. The topological polar surface area (TPSA) is 140 Å². The molecule has 1 aromatic carbocycles. The number of benzene rings is 1. The zero-order chi connectivity index (χ0) is 22.4. The quantitative estimate of drug-likeness (QED) is 0.450. The molecule has 2 amide bonds. The third kappa shape index (κ3) is 4.64. The van der Waals surface area contributed by atoms with E-state index in [-0.39, 0.29) is 52.7 Å². The molecular formula is C19H24ClFN4O5S. The van der Waals surface area contributed by atoms with E-state index in [4.69, 9.17) is 21.5 Å². The fourth-order valence-corrected chi connectivity index (χ4v) is 5.71. The van der Waals surface area contributed by atoms with Crippen LogP contribution in [0.5, 0.6) is 5.75 Å². The van der Waals surface area contributed by atoms with Crippen molar-refractivity contribution in [3.8, 4) is 5.75 Å². The minimum Gasteiger partial charge on any atom is -0.484 e. The maximum absolute atomic E-state index is 13.4. The Hall–Kier alpha value is -1.95. The van der Waals surface area contributed by atoms with Crippen LogP contribution in [0.4, 0.5) is 4.39 Å². The van der Waals surface area contributed by atoms with E-state index in [1.54, 1.807) is 0 Å². The number of sulfonamides is 1. The van der Waals surface area contributed by atoms with Gasteiger partial charge in [-0.25, -0.2) is 17.9 Å². The SMILES string of the molecule is NS(=O)(=O)C1CCC(C(=O)NC23CC(NC(=O)COc4ccc(Cl)c(F)c4)(C2)C3)CN1. The maximum atomic E-state index is 13.4. The van der Waals surface area contributed by atoms with E-state index < -0.39 is 21.2 Å². The van der Waals surface area contributed by atoms with Crippen LogP contribution >= 0.6 is 11.6 Å². The molecule has 4 aliphatic rings. The average molecular weight is 475 g/mol. The lowest BCUT2D eigenvalue weighted by Crippen LogP contribution is -2.84. The Balaban J connectivity index is 1.19. The second kappa shape index (κ2) is 7.88. The molecule has 3 saturated carbocycles. The van der Waals surface area contributed by atoms with Crippen molar-refractivity contribution in [1.82, 2.24) is 16.0 Å². The molecule has 4 fully saturated rings. The molecule has 1 saturated heterocycles. The number of piperidine rings is 1. The van der Waals surface area contributed by atoms with E-state index >= 15 is 0 Å². The van der Waals surface area contributed by atoms with Crippen molar-refractivity contribution in [2.75, 3.05) is 13.2 Å². The summed E-state index contributed by atoms with van der Waals surface area (Å²) in [7, 11) is -3.66. The second-order valence-electron chi connectivity index (χ2n) is 8.75. The van der Waals surface area contributed by atoms with Gasteiger partial charge in [-0.15, -0.1) is 0 Å². The second-order valence-corrected chi connectivity index (χ2v) is 10.9. The van der Waals surface area contributed by atoms with Gasteiger partial charge in [-0.1, -0.05) is 11.6 Å². The number of rotatable bonds is 7. The molecule has 12 heteroatoms. The number of hydrogen-bond acceptors (Lipinski definition) is 6. The molecule has 0 spiro atoms. The lowest BCUT2D eigenvalue weighted by molar-refractivity contribution is -0.152. The first-order valence-corrected chi connectivity index (χ1v) is 11.9. The van der Waals surface area contributed by atoms with Gasteiger partial charge >= 0.3 is 0 Å². The number of nitrogens with one attached hydrogen (secondary N) is 3. The number of nitrogens with two attached hydrogens (primary N) is 1. The highest BCUT2D eigenvalue weighted by Gasteiger charge is 2.69. The van der Waals surface area contributed by atoms with Gasteiger partial charge in [0.05, 0.1) is 10.9 Å². The van der Waals surface area contributed by atoms with Gasteiger partial charge < -0.3 is 15.4 Å². The Kier molecular flexibility index (Phi) is 5.65. The standard InChI is InChI=1S/C19H24ClFN4O5S/c20-13-3-2-12(5-14(13)21)30-7-15(26)24-18-8-19(9-18,10-18)25-17(27)11-1-4-16(23-6-11)31(22,28)29/h2-3,5,11,16,23H,1,4,6-10H2,(H,24,26)(H,25,27)(H2,22,28,29). The van der Waals surface area contributed by atoms with Crippen LogP contribution in [0.2, 0.25) is 5.02 Å². The minimum atomic E-state index is -3.66. The zero-order valence-corrected chi connectivity index (χ0v) is 18.2. The highest BCUT2D eigenvalue weighted by atomic mass is 35.5. The van der Waals surface area contributed by atoms with Crippen molar-refractivity contribution < 1.29 is 27.1 Å². The molecule has 170 valence electrons. The highest BCUT2D eigenvalue weighted by molar-refractivity contribution is 7.89. The third-order valence-electron chi connectivity index (χ3n) is 6.22. The first-order valence-electron chi connectivity index (χ1n) is 9.95. The Morgan fingerprint density at radius 1 is 1.23 bits per heavy atom. The van der Waals surface area contributed by atoms with Gasteiger partial charge in [0, 0.05) is 23.7 Å². The molecule has 2 atom stereocenters. The van der Waals surface area contributed by atoms with Gasteiger partial charge in [0.2, 0.25) is 15.9 Å². The van der Waals surface area contributed by atoms with Gasteiger partial charge in [-0.2, -0.15) is 0 Å². The molecule has 5 rings (SSSR count). The van der Waals surface area contributed by atoms with Crippen molar-refractivity contribution >= 4 is 33.4 Å². The number of hydrogen-bond donors (Lipinski definition) is 4. The predicted octanol–water partition coefficient (Wildman–Crippen LogP) is 0.380. The molecule has 1 aliphatic heterocycles. The molecule has 9 nitrogen and oxygen atoms in total. The van der Waals surface area contributed by atoms with E-state index in [9.17, 15) is 22.4 Å². The van der Waals surface area contributed by atoms with Crippen LogP contribution in [-0.2, 0) is 19.6 Å². The maximum Gasteiger partial charge on any atom is 0.258 e. The van der Waals surface area contributed by atoms with E-state index in [0.717, 1.165) is 6.07 Å². The number of ether oxygens (including phenoxy) is 1. The van der Waals surface area contributed by atoms with E-state index in [0.29, 0.717) is 32.1 Å². The van der Waals surface area contributed by atoms with Crippen molar-refractivity contribution in [3.63, 3.8) is 0 Å². The van der Waals surface area contributed by atoms with Crippen molar-refractivity contribution in [1.29, 1.82) is 0 Å². The molecule has 0 aromatic heterocycles. The first kappa shape index (κ1) is 22.3. The fourth-order valence-electron chi connectivity index (χ4n) is 4.80. The Bertz CT molecular complexity index is 993. The van der Waals surface area contributed by atoms with Gasteiger partial charge in [0.1, 0.15) is 16.9 Å². The summed E-state index contributed by atoms with van der Waals surface area (Å²) in [5, 5.41) is 13.1. The summed E-state index contributed by atoms with van der Waals surface area (Å²) >= 11 is 5.61. The Labute approximate surface area is 184 Å². The summed E-state index contributed by atoms with van der Waals surface area (Å²) < 4.78 is 41.5. The molecule has 31 heavy (non-hydrogen) atoms. The predicted molar refractivity (Wildman–Crippen MR) is 110 cm³/mol. The molecule has 3 aliphatic carbocycles. The summed E-state index contributed by atoms with van der Waals surface area (Å²) in [5.74, 6) is -1.16. The number of primary sulfonamides is 1. The first-order chi connectivity index (χ1) is 14.5. The van der Waals surface area contributed by atoms with Crippen LogP contribution in [0.25, 0.3) is 0 Å². The minimum absolute atomic E-state index is 0.0220. The van der Waals surface area contributed by atoms with Crippen LogP contribution in [0.15, 0.2) is 18.2 Å². The van der Waals surface area contributed by atoms with Gasteiger partial charge in [0.15, 0.2) is 6.61 Å². The molecular weight excluding hydrogens is 451 g/mol. The summed E-state index contributed by atoms with van der Waals surface area (Å²) in [6, 6.07) is 3.95. The lowest BCUT2D eigenvalue weighted by Gasteiger charge is -2.70. The van der Waals surface area contributed by atoms with Crippen LogP contribution < -0.4 is 25.8 Å². The van der Waals surface area contributed by atoms with Crippen LogP contribution in [-0.4, -0.2) is 49.8 Å². The van der Waals surface area contributed by atoms with Crippen molar-refractivity contribution in [2.45, 2.75) is 48.6 Å². The smallest absolute Gasteiger partial charge is 0.258 e. The molecule has 2 bridgehead atoms. The van der Waals surface area contributed by atoms with Crippen LogP contribution in [0.3, 0.4) is 0 Å². The molecule has 1 heterocycles. The summed E-state index contributed by atoms with van der Waals surface area (Å²) in [6.45, 7) is 0.00859. The molecule has 5 N–H and O–H groups in total. The largest absolute Gasteiger partial charge is 0.484 e. The van der Waals surface area contributed by atoms with Crippen molar-refractivity contribution in [3.05, 3.63) is 29.0 Å².